The molecule has 0 fully saturated rings. The maximum Gasteiger partial charge on any atom is 0.176 e. The van der Waals surface area contributed by atoms with E-state index in [0.717, 1.165) is 17.7 Å². The Morgan fingerprint density at radius 3 is 2.26 bits per heavy atom. The van der Waals surface area contributed by atoms with Crippen molar-refractivity contribution in [3.8, 4) is 0 Å². The first-order valence-electron chi connectivity index (χ1n) is 8.13. The number of benzene rings is 2. The molecule has 0 aromatic heterocycles. The van der Waals surface area contributed by atoms with E-state index in [0.29, 0.717) is 6.54 Å². The number of likely N-dealkylation sites (N-methyl/N-ethyl adjacent to an activating group) is 1. The van der Waals surface area contributed by atoms with Crippen molar-refractivity contribution in [1.29, 1.82) is 0 Å². The summed E-state index contributed by atoms with van der Waals surface area (Å²) >= 11 is 0. The quantitative estimate of drug-likeness (QED) is 0.752. The lowest BCUT2D eigenvalue weighted by molar-refractivity contribution is 0.0943. The van der Waals surface area contributed by atoms with Gasteiger partial charge in [-0.25, -0.2) is 0 Å². The third kappa shape index (κ3) is 5.04. The van der Waals surface area contributed by atoms with Gasteiger partial charge in [-0.3, -0.25) is 9.69 Å². The van der Waals surface area contributed by atoms with E-state index in [4.69, 9.17) is 0 Å². The number of ketones is 1. The molecule has 2 heteroatoms. The van der Waals surface area contributed by atoms with Gasteiger partial charge in [-0.15, -0.1) is 0 Å². The van der Waals surface area contributed by atoms with E-state index < -0.39 is 0 Å². The zero-order valence-electron chi connectivity index (χ0n) is 14.9. The summed E-state index contributed by atoms with van der Waals surface area (Å²) in [5, 5.41) is 0. The molecule has 122 valence electrons. The number of nitrogens with zero attached hydrogens (tertiary/aromatic N) is 1. The summed E-state index contributed by atoms with van der Waals surface area (Å²) < 4.78 is 0. The molecule has 0 heterocycles. The second-order valence-corrected chi connectivity index (χ2v) is 7.41. The Kier molecular flexibility index (Phi) is 5.38. The van der Waals surface area contributed by atoms with Gasteiger partial charge in [-0.05, 0) is 36.6 Å². The Morgan fingerprint density at radius 2 is 1.70 bits per heavy atom. The topological polar surface area (TPSA) is 20.3 Å². The Morgan fingerprint density at radius 1 is 1.04 bits per heavy atom. The smallest absolute Gasteiger partial charge is 0.176 e. The molecule has 0 bridgehead atoms. The number of rotatable bonds is 5. The molecule has 2 aromatic carbocycles. The molecule has 2 aromatic rings. The summed E-state index contributed by atoms with van der Waals surface area (Å²) in [6.45, 7) is 9.88. The highest BCUT2D eigenvalue weighted by Gasteiger charge is 2.14. The van der Waals surface area contributed by atoms with Crippen molar-refractivity contribution >= 4 is 5.78 Å². The van der Waals surface area contributed by atoms with Gasteiger partial charge in [0.25, 0.3) is 0 Å². The van der Waals surface area contributed by atoms with Crippen LogP contribution < -0.4 is 0 Å². The second-order valence-electron chi connectivity index (χ2n) is 7.41. The summed E-state index contributed by atoms with van der Waals surface area (Å²) in [6, 6.07) is 16.5. The molecule has 0 atom stereocenters. The second kappa shape index (κ2) is 7.10. The molecule has 0 radical (unpaired) electrons. The van der Waals surface area contributed by atoms with Crippen LogP contribution in [-0.4, -0.2) is 24.3 Å². The fourth-order valence-corrected chi connectivity index (χ4v) is 2.63. The maximum absolute atomic E-state index is 12.3. The number of hydrogen-bond acceptors (Lipinski definition) is 2. The molecule has 0 aliphatic carbocycles. The van der Waals surface area contributed by atoms with Gasteiger partial charge in [0.2, 0.25) is 0 Å². The lowest BCUT2D eigenvalue weighted by Gasteiger charge is -2.20. The van der Waals surface area contributed by atoms with Crippen molar-refractivity contribution in [2.75, 3.05) is 13.6 Å². The molecule has 0 amide bonds. The average Bonchev–Trinajstić information content (AvgIpc) is 2.46. The van der Waals surface area contributed by atoms with Crippen LogP contribution in [0, 0.1) is 6.92 Å². The number of Topliss-reactive ketones (excluding diaryl/α,β-unsaturated/α-hetero) is 1. The Labute approximate surface area is 140 Å². The van der Waals surface area contributed by atoms with Crippen molar-refractivity contribution in [2.24, 2.45) is 0 Å². The first-order valence-corrected chi connectivity index (χ1v) is 8.13. The zero-order chi connectivity index (χ0) is 17.0. The molecule has 0 saturated carbocycles. The van der Waals surface area contributed by atoms with Crippen LogP contribution in [0.5, 0.6) is 0 Å². The molecule has 0 aliphatic heterocycles. The van der Waals surface area contributed by atoms with Gasteiger partial charge in [0, 0.05) is 12.1 Å². The van der Waals surface area contributed by atoms with Gasteiger partial charge in [0.1, 0.15) is 0 Å². The number of carbonyl (C=O) groups is 1. The molecular weight excluding hydrogens is 282 g/mol. The van der Waals surface area contributed by atoms with E-state index in [1.807, 2.05) is 38.2 Å². The highest BCUT2D eigenvalue weighted by atomic mass is 16.1. The fraction of sp³-hybridized carbons (Fsp3) is 0.381. The first-order chi connectivity index (χ1) is 10.8. The molecule has 2 nitrogen and oxygen atoms in total. The van der Waals surface area contributed by atoms with Gasteiger partial charge >= 0.3 is 0 Å². The van der Waals surface area contributed by atoms with Crippen LogP contribution >= 0.6 is 0 Å². The minimum Gasteiger partial charge on any atom is -0.295 e. The van der Waals surface area contributed by atoms with Crippen molar-refractivity contribution in [3.05, 3.63) is 70.8 Å². The van der Waals surface area contributed by atoms with E-state index in [2.05, 4.69) is 49.9 Å². The van der Waals surface area contributed by atoms with Crippen LogP contribution in [0.3, 0.4) is 0 Å². The molecule has 0 N–H and O–H groups in total. The van der Waals surface area contributed by atoms with Gasteiger partial charge in [-0.2, -0.15) is 0 Å². The van der Waals surface area contributed by atoms with Crippen LogP contribution in [-0.2, 0) is 12.0 Å². The first kappa shape index (κ1) is 17.4. The Bertz CT molecular complexity index is 665. The summed E-state index contributed by atoms with van der Waals surface area (Å²) in [5.74, 6) is 0.169. The molecule has 23 heavy (non-hydrogen) atoms. The summed E-state index contributed by atoms with van der Waals surface area (Å²) in [5.41, 5.74) is 4.65. The standard InChI is InChI=1S/C21H27NO/c1-16-7-6-8-18(13-16)20(23)15-22(5)14-17-9-11-19(12-10-17)21(2,3)4/h6-13H,14-15H2,1-5H3. The van der Waals surface area contributed by atoms with Gasteiger partial charge < -0.3 is 0 Å². The largest absolute Gasteiger partial charge is 0.295 e. The molecule has 0 unspecified atom stereocenters. The third-order valence-corrected chi connectivity index (χ3v) is 4.03. The van der Waals surface area contributed by atoms with Crippen LogP contribution in [0.25, 0.3) is 0 Å². The molecule has 0 spiro atoms. The normalized spacial score (nSPS) is 11.7. The SMILES string of the molecule is Cc1cccc(C(=O)CN(C)Cc2ccc(C(C)(C)C)cc2)c1. The van der Waals surface area contributed by atoms with Gasteiger partial charge in [0.05, 0.1) is 6.54 Å². The fourth-order valence-electron chi connectivity index (χ4n) is 2.63. The van der Waals surface area contributed by atoms with Crippen LogP contribution in [0.1, 0.15) is 47.8 Å². The number of hydrogen-bond donors (Lipinski definition) is 0. The van der Waals surface area contributed by atoms with Crippen molar-refractivity contribution in [2.45, 2.75) is 39.7 Å². The highest BCUT2D eigenvalue weighted by molar-refractivity contribution is 5.97. The van der Waals surface area contributed by atoms with E-state index in [-0.39, 0.29) is 11.2 Å². The summed E-state index contributed by atoms with van der Waals surface area (Å²) in [6.07, 6.45) is 0. The van der Waals surface area contributed by atoms with Crippen LogP contribution in [0.15, 0.2) is 48.5 Å². The van der Waals surface area contributed by atoms with E-state index >= 15 is 0 Å². The number of aryl methyl sites for hydroxylation is 1. The molecular formula is C21H27NO. The predicted octanol–water partition coefficient (Wildman–Crippen LogP) is 4.61. The van der Waals surface area contributed by atoms with E-state index in [1.165, 1.54) is 11.1 Å². The van der Waals surface area contributed by atoms with E-state index in [9.17, 15) is 4.79 Å². The summed E-state index contributed by atoms with van der Waals surface area (Å²) in [4.78, 5) is 14.4. The lowest BCUT2D eigenvalue weighted by Crippen LogP contribution is -2.25. The monoisotopic (exact) mass is 309 g/mol. The van der Waals surface area contributed by atoms with Crippen LogP contribution in [0.4, 0.5) is 0 Å². The third-order valence-electron chi connectivity index (χ3n) is 4.03. The number of carbonyl (C=O) groups excluding carboxylic acids is 1. The van der Waals surface area contributed by atoms with Crippen molar-refractivity contribution < 1.29 is 4.79 Å². The highest BCUT2D eigenvalue weighted by Crippen LogP contribution is 2.22. The van der Waals surface area contributed by atoms with Crippen molar-refractivity contribution in [1.82, 2.24) is 4.90 Å². The minimum atomic E-state index is 0.169. The average molecular weight is 309 g/mol. The zero-order valence-corrected chi connectivity index (χ0v) is 14.9. The van der Waals surface area contributed by atoms with Gasteiger partial charge in [0.15, 0.2) is 5.78 Å². The molecule has 0 saturated heterocycles. The maximum atomic E-state index is 12.3. The summed E-state index contributed by atoms with van der Waals surface area (Å²) in [7, 11) is 1.99. The molecule has 2 rings (SSSR count). The predicted molar refractivity (Wildman–Crippen MR) is 97.0 cm³/mol. The van der Waals surface area contributed by atoms with Crippen molar-refractivity contribution in [3.63, 3.8) is 0 Å². The molecule has 0 aliphatic rings. The van der Waals surface area contributed by atoms with E-state index in [1.54, 1.807) is 0 Å². The Hall–Kier alpha value is -1.93. The van der Waals surface area contributed by atoms with Crippen LogP contribution in [0.2, 0.25) is 0 Å². The minimum absolute atomic E-state index is 0.169. The lowest BCUT2D eigenvalue weighted by atomic mass is 9.87. The Balaban J connectivity index is 1.97. The van der Waals surface area contributed by atoms with Gasteiger partial charge in [-0.1, -0.05) is 68.8 Å².